The third-order valence-electron chi connectivity index (χ3n) is 15.0. The van der Waals surface area contributed by atoms with E-state index >= 15 is 0 Å². The van der Waals surface area contributed by atoms with E-state index in [1.807, 2.05) is 53.7 Å². The zero-order valence-electron chi connectivity index (χ0n) is 36.9. The van der Waals surface area contributed by atoms with Gasteiger partial charge in [-0.15, -0.1) is 0 Å². The summed E-state index contributed by atoms with van der Waals surface area (Å²) in [7, 11) is 1.78. The maximum atomic E-state index is 12.5. The molecule has 4 fully saturated rings. The molecule has 2 spiro atoms. The van der Waals surface area contributed by atoms with Crippen LogP contribution in [-0.2, 0) is 38.0 Å². The number of esters is 1. The van der Waals surface area contributed by atoms with Gasteiger partial charge in [0, 0.05) is 49.8 Å². The van der Waals surface area contributed by atoms with Crippen molar-refractivity contribution in [2.75, 3.05) is 7.05 Å². The molecule has 18 atom stereocenters. The number of aliphatic imine (C=N–C) groups is 1. The van der Waals surface area contributed by atoms with Crippen LogP contribution in [0.15, 0.2) is 17.1 Å². The second-order valence-electron chi connectivity index (χ2n) is 18.7. The Kier molecular flexibility index (Phi) is 14.5. The summed E-state index contributed by atoms with van der Waals surface area (Å²) in [5.74, 6) is -4.89. The van der Waals surface area contributed by atoms with Gasteiger partial charge in [-0.1, -0.05) is 55.4 Å². The van der Waals surface area contributed by atoms with Crippen molar-refractivity contribution in [1.82, 2.24) is 0 Å². The number of aliphatic carboxylic acids is 1. The van der Waals surface area contributed by atoms with Crippen molar-refractivity contribution < 1.29 is 53.3 Å². The van der Waals surface area contributed by atoms with Crippen LogP contribution >= 0.6 is 0 Å². The van der Waals surface area contributed by atoms with Crippen LogP contribution in [0, 0.1) is 41.4 Å². The Morgan fingerprint density at radius 1 is 0.930 bits per heavy atom. The van der Waals surface area contributed by atoms with Crippen molar-refractivity contribution in [2.24, 2.45) is 46.4 Å². The zero-order valence-corrected chi connectivity index (χ0v) is 36.9. The van der Waals surface area contributed by atoms with E-state index in [0.29, 0.717) is 51.4 Å². The first kappa shape index (κ1) is 46.1. The van der Waals surface area contributed by atoms with E-state index in [9.17, 15) is 24.9 Å². The molecule has 5 aliphatic heterocycles. The summed E-state index contributed by atoms with van der Waals surface area (Å²) < 4.78 is 40.4. The molecule has 0 aliphatic carbocycles. The smallest absolute Gasteiger partial charge is 0.309 e. The fraction of sp³-hybridized carbons (Fsp3) is 0.889. The van der Waals surface area contributed by atoms with Crippen LogP contribution in [0.4, 0.5) is 0 Å². The highest BCUT2D eigenvalue weighted by Gasteiger charge is 2.64. The minimum atomic E-state index is -1.33. The number of carboxylic acids is 1. The normalized spacial score (nSPS) is 44.0. The number of nitrogens with zero attached hydrogens (tertiary/aromatic N) is 1. The number of carbonyl (C=O) groups is 2. The number of aliphatic hydroxyl groups excluding tert-OH is 1. The van der Waals surface area contributed by atoms with Crippen LogP contribution in [0.3, 0.4) is 0 Å². The van der Waals surface area contributed by atoms with Crippen LogP contribution < -0.4 is 0 Å². The fourth-order valence-corrected chi connectivity index (χ4v) is 11.2. The molecule has 0 unspecified atom stereocenters. The van der Waals surface area contributed by atoms with Crippen LogP contribution in [0.2, 0.25) is 0 Å². The number of hydrogen-bond acceptors (Lipinski definition) is 11. The van der Waals surface area contributed by atoms with Gasteiger partial charge >= 0.3 is 11.9 Å². The monoisotopic (exact) mass is 806 g/mol. The minimum absolute atomic E-state index is 0.0747. The van der Waals surface area contributed by atoms with Gasteiger partial charge < -0.3 is 43.7 Å². The molecule has 0 bridgehead atoms. The van der Waals surface area contributed by atoms with Gasteiger partial charge in [-0.05, 0) is 95.6 Å². The fourth-order valence-electron chi connectivity index (χ4n) is 11.2. The molecule has 3 N–H and O–H groups in total. The Labute approximate surface area is 341 Å². The summed E-state index contributed by atoms with van der Waals surface area (Å²) in [6.07, 6.45) is 6.94. The number of aliphatic hydroxyl groups is 2. The lowest BCUT2D eigenvalue weighted by molar-refractivity contribution is -0.408. The zero-order chi connectivity index (χ0) is 42.2. The van der Waals surface area contributed by atoms with Crippen LogP contribution in [-0.4, -0.2) is 106 Å². The predicted molar refractivity (Wildman–Crippen MR) is 217 cm³/mol. The summed E-state index contributed by atoms with van der Waals surface area (Å²) >= 11 is 0. The molecular weight excluding hydrogens is 730 g/mol. The summed E-state index contributed by atoms with van der Waals surface area (Å²) in [6.45, 7) is 21.8. The molecular formula is C45H75NO11. The van der Waals surface area contributed by atoms with Crippen molar-refractivity contribution in [3.8, 4) is 0 Å². The maximum absolute atomic E-state index is 12.5. The summed E-state index contributed by atoms with van der Waals surface area (Å²) in [4.78, 5) is 29.4. The first-order valence-electron chi connectivity index (χ1n) is 22.1. The van der Waals surface area contributed by atoms with Gasteiger partial charge in [0.1, 0.15) is 0 Å². The average Bonchev–Trinajstić information content (AvgIpc) is 3.51. The number of carbonyl (C=O) groups excluding carboxylic acids is 1. The van der Waals surface area contributed by atoms with E-state index in [1.54, 1.807) is 7.05 Å². The van der Waals surface area contributed by atoms with Gasteiger partial charge in [-0.25, -0.2) is 0 Å². The molecule has 0 aromatic carbocycles. The number of ether oxygens (including phenoxy) is 6. The molecule has 57 heavy (non-hydrogen) atoms. The molecule has 326 valence electrons. The number of hydrogen-bond donors (Lipinski definition) is 3. The van der Waals surface area contributed by atoms with Crippen LogP contribution in [0.25, 0.3) is 0 Å². The van der Waals surface area contributed by atoms with Gasteiger partial charge in [0.05, 0.1) is 53.7 Å². The van der Waals surface area contributed by atoms with Gasteiger partial charge in [0.15, 0.2) is 11.9 Å². The van der Waals surface area contributed by atoms with Crippen molar-refractivity contribution in [1.29, 1.82) is 0 Å². The lowest BCUT2D eigenvalue weighted by atomic mass is 9.72. The SMILES string of the molecule is CC[C@@H](C(=NC)[C@@H](C)[C@@H](O)[C@H](C)[C@@H]1O[C@@H]([C@@H](CC)C(=O)O)CC[C@@H]1C)[C@H]1O[C@]2(C=C[C@@H](OC(C)=O)[C@]3(CC[C@@](C)([C@H]4CC[C@](O)(CC)[C@H](C)O4)O3)O2)[C@H](C)C[C@@H]1C. The molecule has 5 rings (SSSR count). The molecule has 0 saturated carbocycles. The second-order valence-corrected chi connectivity index (χ2v) is 18.7. The highest BCUT2D eigenvalue weighted by molar-refractivity contribution is 5.89. The largest absolute Gasteiger partial charge is 0.481 e. The lowest BCUT2D eigenvalue weighted by Crippen LogP contribution is -2.63. The molecule has 5 aliphatic rings. The summed E-state index contributed by atoms with van der Waals surface area (Å²) in [6, 6.07) is 0. The number of carboxylic acid groups (broad SMARTS) is 1. The van der Waals surface area contributed by atoms with Gasteiger partial charge in [-0.2, -0.15) is 0 Å². The minimum Gasteiger partial charge on any atom is -0.481 e. The number of rotatable bonds is 13. The second kappa shape index (κ2) is 18.0. The van der Waals surface area contributed by atoms with E-state index in [4.69, 9.17) is 33.4 Å². The quantitative estimate of drug-likeness (QED) is 0.0976. The van der Waals surface area contributed by atoms with Gasteiger partial charge in [0.25, 0.3) is 0 Å². The molecule has 0 amide bonds. The third-order valence-corrected chi connectivity index (χ3v) is 15.0. The van der Waals surface area contributed by atoms with Crippen molar-refractivity contribution in [3.63, 3.8) is 0 Å². The Hall–Kier alpha value is -1.93. The topological polar surface area (TPSA) is 163 Å². The first-order chi connectivity index (χ1) is 26.7. The molecule has 12 nitrogen and oxygen atoms in total. The van der Waals surface area contributed by atoms with Gasteiger partial charge in [0.2, 0.25) is 5.79 Å². The van der Waals surface area contributed by atoms with Gasteiger partial charge in [-0.3, -0.25) is 14.6 Å². The van der Waals surface area contributed by atoms with E-state index in [2.05, 4.69) is 27.7 Å². The first-order valence-corrected chi connectivity index (χ1v) is 22.1. The van der Waals surface area contributed by atoms with Crippen LogP contribution in [0.5, 0.6) is 0 Å². The van der Waals surface area contributed by atoms with E-state index in [1.165, 1.54) is 6.92 Å². The summed E-state index contributed by atoms with van der Waals surface area (Å²) in [5.41, 5.74) is -0.787. The Morgan fingerprint density at radius 3 is 2.19 bits per heavy atom. The van der Waals surface area contributed by atoms with Crippen molar-refractivity contribution in [2.45, 2.75) is 206 Å². The molecule has 0 aromatic heterocycles. The Morgan fingerprint density at radius 2 is 1.61 bits per heavy atom. The Bertz CT molecular complexity index is 1470. The van der Waals surface area contributed by atoms with Crippen LogP contribution in [0.1, 0.15) is 140 Å². The van der Waals surface area contributed by atoms with Crippen molar-refractivity contribution >= 4 is 17.7 Å². The predicted octanol–water partition coefficient (Wildman–Crippen LogP) is 7.26. The molecule has 12 heteroatoms. The maximum Gasteiger partial charge on any atom is 0.309 e. The van der Waals surface area contributed by atoms with E-state index < -0.39 is 52.8 Å². The molecule has 5 heterocycles. The van der Waals surface area contributed by atoms with E-state index in [0.717, 1.165) is 18.6 Å². The molecule has 4 saturated heterocycles. The van der Waals surface area contributed by atoms with Crippen molar-refractivity contribution in [3.05, 3.63) is 12.2 Å². The summed E-state index contributed by atoms with van der Waals surface area (Å²) in [5, 5.41) is 33.1. The lowest BCUT2D eigenvalue weighted by Gasteiger charge is -2.55. The highest BCUT2D eigenvalue weighted by atomic mass is 16.8. The molecule has 0 radical (unpaired) electrons. The highest BCUT2D eigenvalue weighted by Crippen LogP contribution is 2.54. The third kappa shape index (κ3) is 8.94. The van der Waals surface area contributed by atoms with E-state index in [-0.39, 0.29) is 66.0 Å². The average molecular weight is 806 g/mol. The molecule has 0 aromatic rings. The standard InChI is InChI=1S/C45H75NO11/c1-13-32(41(49)50)34-17-16-25(4)39(54-34)29(8)38(48)28(7)37(46-12)33(14-2)40-26(5)24-27(6)44(55-40)21-19-36(53-31(10)47)45(57-44)23-22-42(11,56-45)35-18-20-43(51,15-3)30(9)52-35/h19,21,25-30,32-36,38-40,48,51H,13-18,20,22-24H2,1-12H3,(H,49,50)/t25-,26-,27+,28+,29-,30-,32+,33-,34+,35+,36+,38+,39+,40-,42-,43+,44-,45-/m0/s1. The Balaban J connectivity index is 1.39.